The lowest BCUT2D eigenvalue weighted by Crippen LogP contribution is -2.43. The van der Waals surface area contributed by atoms with E-state index < -0.39 is 10.0 Å². The van der Waals surface area contributed by atoms with Crippen molar-refractivity contribution in [3.63, 3.8) is 0 Å². The fraction of sp³-hybridized carbons (Fsp3) is 0.588. The predicted molar refractivity (Wildman–Crippen MR) is 122 cm³/mol. The summed E-state index contributed by atoms with van der Waals surface area (Å²) in [5, 5.41) is 5.00. The van der Waals surface area contributed by atoms with Crippen LogP contribution in [0.3, 0.4) is 0 Å². The molecule has 1 rings (SSSR count). The molecule has 0 fully saturated rings. The van der Waals surface area contributed by atoms with E-state index in [-0.39, 0.29) is 24.0 Å². The molecule has 0 radical (unpaired) electrons. The van der Waals surface area contributed by atoms with E-state index in [0.717, 1.165) is 38.2 Å². The highest BCUT2D eigenvalue weighted by Gasteiger charge is 2.21. The number of thiophene rings is 1. The number of hydrogen-bond acceptors (Lipinski definition) is 4. The van der Waals surface area contributed by atoms with Crippen LogP contribution >= 0.6 is 35.3 Å². The number of nitrogens with one attached hydrogen (secondary N) is 1. The van der Waals surface area contributed by atoms with Crippen LogP contribution in [0.5, 0.6) is 0 Å². The van der Waals surface area contributed by atoms with Gasteiger partial charge in [0, 0.05) is 40.8 Å². The number of nitrogens with zero attached hydrogens (tertiary/aromatic N) is 3. The molecule has 9 heteroatoms. The van der Waals surface area contributed by atoms with Crippen LogP contribution in [0, 0.1) is 0 Å². The fourth-order valence-electron chi connectivity index (χ4n) is 2.31. The Morgan fingerprint density at radius 3 is 2.62 bits per heavy atom. The summed E-state index contributed by atoms with van der Waals surface area (Å²) in [4.78, 5) is 6.33. The van der Waals surface area contributed by atoms with E-state index in [0.29, 0.717) is 17.3 Å². The molecule has 0 atom stereocenters. The number of likely N-dealkylation sites (N-methyl/N-ethyl adjacent to an activating group) is 1. The third-order valence-corrected chi connectivity index (χ3v) is 7.07. The average Bonchev–Trinajstić information content (AvgIpc) is 3.13. The first-order valence-electron chi connectivity index (χ1n) is 8.46. The quantitative estimate of drug-likeness (QED) is 0.162. The van der Waals surface area contributed by atoms with Crippen molar-refractivity contribution in [2.45, 2.75) is 29.9 Å². The first kappa shape index (κ1) is 25.4. The zero-order valence-corrected chi connectivity index (χ0v) is 19.8. The lowest BCUT2D eigenvalue weighted by Gasteiger charge is -2.23. The second-order valence-electron chi connectivity index (χ2n) is 5.79. The molecule has 0 bridgehead atoms. The van der Waals surface area contributed by atoms with Gasteiger partial charge in [-0.3, -0.25) is 4.99 Å². The van der Waals surface area contributed by atoms with Gasteiger partial charge in [-0.15, -0.1) is 41.9 Å². The standard InChI is InChI=1S/C17H30N4O2S2.HI/c1-5-6-7-8-9-13-20(3)17(18-2)19-12-14-21(4)25(22,23)16-11-10-15-24-16;/h5,10-11,15H,1,6-9,12-14H2,2-4H3,(H,18,19);1H. The third kappa shape index (κ3) is 8.36. The lowest BCUT2D eigenvalue weighted by atomic mass is 10.2. The van der Waals surface area contributed by atoms with E-state index in [1.807, 2.05) is 13.1 Å². The van der Waals surface area contributed by atoms with Crippen molar-refractivity contribution in [3.05, 3.63) is 30.2 Å². The monoisotopic (exact) mass is 514 g/mol. The summed E-state index contributed by atoms with van der Waals surface area (Å²) in [6, 6.07) is 3.37. The van der Waals surface area contributed by atoms with Crippen molar-refractivity contribution < 1.29 is 8.42 Å². The second kappa shape index (κ2) is 13.5. The Balaban J connectivity index is 0.00000625. The van der Waals surface area contributed by atoms with Crippen molar-refractivity contribution in [1.29, 1.82) is 0 Å². The average molecular weight is 514 g/mol. The van der Waals surface area contributed by atoms with Gasteiger partial charge in [-0.2, -0.15) is 4.31 Å². The zero-order chi connectivity index (χ0) is 18.7. The third-order valence-electron chi connectivity index (χ3n) is 3.84. The van der Waals surface area contributed by atoms with Gasteiger partial charge in [-0.25, -0.2) is 8.42 Å². The van der Waals surface area contributed by atoms with Gasteiger partial charge < -0.3 is 10.2 Å². The molecular weight excluding hydrogens is 483 g/mol. The topological polar surface area (TPSA) is 65.0 Å². The molecule has 1 heterocycles. The maximum Gasteiger partial charge on any atom is 0.252 e. The highest BCUT2D eigenvalue weighted by molar-refractivity contribution is 14.0. The summed E-state index contributed by atoms with van der Waals surface area (Å²) < 4.78 is 26.5. The molecule has 0 amide bonds. The molecule has 26 heavy (non-hydrogen) atoms. The highest BCUT2D eigenvalue weighted by Crippen LogP contribution is 2.19. The van der Waals surface area contributed by atoms with Gasteiger partial charge in [0.15, 0.2) is 5.96 Å². The maximum absolute atomic E-state index is 12.4. The Hall–Kier alpha value is -0.650. The van der Waals surface area contributed by atoms with Gasteiger partial charge >= 0.3 is 0 Å². The van der Waals surface area contributed by atoms with Crippen molar-refractivity contribution in [2.75, 3.05) is 40.8 Å². The number of hydrogen-bond donors (Lipinski definition) is 1. The summed E-state index contributed by atoms with van der Waals surface area (Å²) in [5.41, 5.74) is 0. The molecule has 0 spiro atoms. The van der Waals surface area contributed by atoms with Gasteiger partial charge in [-0.05, 0) is 30.7 Å². The van der Waals surface area contributed by atoms with Crippen LogP contribution in [-0.2, 0) is 10.0 Å². The molecular formula is C17H31IN4O2S2. The molecule has 1 N–H and O–H groups in total. The largest absolute Gasteiger partial charge is 0.355 e. The van der Waals surface area contributed by atoms with Gasteiger partial charge in [-0.1, -0.05) is 18.6 Å². The van der Waals surface area contributed by atoms with E-state index in [1.54, 1.807) is 31.6 Å². The zero-order valence-electron chi connectivity index (χ0n) is 15.8. The van der Waals surface area contributed by atoms with E-state index in [4.69, 9.17) is 0 Å². The van der Waals surface area contributed by atoms with Gasteiger partial charge in [0.25, 0.3) is 10.0 Å². The summed E-state index contributed by atoms with van der Waals surface area (Å²) in [5.74, 6) is 0.783. The Kier molecular flexibility index (Phi) is 13.2. The minimum Gasteiger partial charge on any atom is -0.355 e. The molecule has 0 aromatic carbocycles. The Labute approximate surface area is 179 Å². The molecule has 0 aliphatic carbocycles. The van der Waals surface area contributed by atoms with Crippen LogP contribution in [0.4, 0.5) is 0 Å². The van der Waals surface area contributed by atoms with Crippen molar-refractivity contribution in [3.8, 4) is 0 Å². The normalized spacial score (nSPS) is 11.9. The maximum atomic E-state index is 12.4. The van der Waals surface area contributed by atoms with Crippen LogP contribution in [-0.4, -0.2) is 64.4 Å². The second-order valence-corrected chi connectivity index (χ2v) is 9.01. The number of unbranched alkanes of at least 4 members (excludes halogenated alkanes) is 3. The predicted octanol–water partition coefficient (Wildman–Crippen LogP) is 3.24. The minimum atomic E-state index is -3.39. The minimum absolute atomic E-state index is 0. The number of sulfonamides is 1. The lowest BCUT2D eigenvalue weighted by molar-refractivity contribution is 0.441. The number of guanidine groups is 1. The fourth-order valence-corrected chi connectivity index (χ4v) is 4.69. The van der Waals surface area contributed by atoms with Gasteiger partial charge in [0.05, 0.1) is 0 Å². The molecule has 0 saturated carbocycles. The number of allylic oxidation sites excluding steroid dienone is 1. The number of rotatable bonds is 11. The molecule has 0 aliphatic heterocycles. The van der Waals surface area contributed by atoms with Crippen molar-refractivity contribution >= 4 is 51.3 Å². The summed E-state index contributed by atoms with van der Waals surface area (Å²) in [6.07, 6.45) is 6.42. The first-order valence-corrected chi connectivity index (χ1v) is 10.8. The SMILES string of the molecule is C=CCCCCCN(C)C(=NC)NCCN(C)S(=O)(=O)c1cccs1.I. The van der Waals surface area contributed by atoms with Crippen molar-refractivity contribution in [1.82, 2.24) is 14.5 Å². The van der Waals surface area contributed by atoms with Crippen LogP contribution in [0.1, 0.15) is 25.7 Å². The van der Waals surface area contributed by atoms with Gasteiger partial charge in [0.2, 0.25) is 0 Å². The molecule has 0 aliphatic rings. The van der Waals surface area contributed by atoms with E-state index in [9.17, 15) is 8.42 Å². The smallest absolute Gasteiger partial charge is 0.252 e. The summed E-state index contributed by atoms with van der Waals surface area (Å²) in [7, 11) is 1.94. The Morgan fingerprint density at radius 2 is 2.04 bits per heavy atom. The molecule has 1 aromatic heterocycles. The van der Waals surface area contributed by atoms with Gasteiger partial charge in [0.1, 0.15) is 4.21 Å². The Bertz CT molecular complexity index is 633. The summed E-state index contributed by atoms with van der Waals surface area (Å²) in [6.45, 7) is 5.54. The van der Waals surface area contributed by atoms with Crippen LogP contribution in [0.15, 0.2) is 39.4 Å². The van der Waals surface area contributed by atoms with Crippen LogP contribution < -0.4 is 5.32 Å². The Morgan fingerprint density at radius 1 is 1.31 bits per heavy atom. The highest BCUT2D eigenvalue weighted by atomic mass is 127. The molecule has 150 valence electrons. The molecule has 0 saturated heterocycles. The summed E-state index contributed by atoms with van der Waals surface area (Å²) >= 11 is 1.23. The number of aliphatic imine (C=N–C) groups is 1. The van der Waals surface area contributed by atoms with Crippen LogP contribution in [0.25, 0.3) is 0 Å². The van der Waals surface area contributed by atoms with Crippen molar-refractivity contribution in [2.24, 2.45) is 4.99 Å². The number of halogens is 1. The van der Waals surface area contributed by atoms with E-state index in [2.05, 4.69) is 21.8 Å². The van der Waals surface area contributed by atoms with Crippen LogP contribution in [0.2, 0.25) is 0 Å². The molecule has 6 nitrogen and oxygen atoms in total. The molecule has 1 aromatic rings. The van der Waals surface area contributed by atoms with E-state index in [1.165, 1.54) is 15.6 Å². The molecule has 0 unspecified atom stereocenters. The first-order chi connectivity index (χ1) is 11.9. The van der Waals surface area contributed by atoms with E-state index >= 15 is 0 Å².